The van der Waals surface area contributed by atoms with Crippen LogP contribution >= 0.6 is 11.8 Å². The minimum Gasteiger partial charge on any atom is -0.508 e. The molecule has 0 radical (unpaired) electrons. The summed E-state index contributed by atoms with van der Waals surface area (Å²) in [7, 11) is 3.90. The monoisotopic (exact) mass is 604 g/mol. The molecule has 228 valence electrons. The Morgan fingerprint density at radius 3 is 2.40 bits per heavy atom. The van der Waals surface area contributed by atoms with Crippen LogP contribution in [0.3, 0.4) is 0 Å². The topological polar surface area (TPSA) is 122 Å². The number of aliphatic hydroxyl groups is 1. The SMILES string of the molecule is Cc1c(O)cccc1C(=O)N[C@@H](Cc1ccccc1)[C@H](O)C(=O)N1CSC(C)(C)C1C(=O)NCc1cccc(N(C)C)c1. The van der Waals surface area contributed by atoms with Crippen molar-refractivity contribution in [2.75, 3.05) is 24.9 Å². The Morgan fingerprint density at radius 2 is 1.70 bits per heavy atom. The van der Waals surface area contributed by atoms with Gasteiger partial charge in [0.15, 0.2) is 6.10 Å². The van der Waals surface area contributed by atoms with Gasteiger partial charge in [0.2, 0.25) is 5.91 Å². The molecule has 9 nitrogen and oxygen atoms in total. The molecule has 1 aliphatic rings. The zero-order valence-corrected chi connectivity index (χ0v) is 26.0. The molecule has 3 aromatic rings. The fraction of sp³-hybridized carbons (Fsp3) is 0.364. The van der Waals surface area contributed by atoms with Crippen LogP contribution in [0.25, 0.3) is 0 Å². The van der Waals surface area contributed by atoms with Crippen molar-refractivity contribution in [3.05, 3.63) is 95.1 Å². The number of carbonyl (C=O) groups is 3. The summed E-state index contributed by atoms with van der Waals surface area (Å²) in [6.07, 6.45) is -1.44. The number of hydrogen-bond acceptors (Lipinski definition) is 7. The zero-order valence-electron chi connectivity index (χ0n) is 25.2. The van der Waals surface area contributed by atoms with E-state index in [1.54, 1.807) is 19.1 Å². The molecule has 0 spiro atoms. The van der Waals surface area contributed by atoms with E-state index in [1.807, 2.05) is 87.4 Å². The van der Waals surface area contributed by atoms with Crippen molar-refractivity contribution in [1.29, 1.82) is 0 Å². The summed E-state index contributed by atoms with van der Waals surface area (Å²) in [4.78, 5) is 44.2. The van der Waals surface area contributed by atoms with E-state index in [1.165, 1.54) is 22.7 Å². The van der Waals surface area contributed by atoms with Crippen molar-refractivity contribution in [1.82, 2.24) is 15.5 Å². The highest BCUT2D eigenvalue weighted by Gasteiger charge is 2.49. The summed E-state index contributed by atoms with van der Waals surface area (Å²) in [5.41, 5.74) is 3.39. The molecule has 4 N–H and O–H groups in total. The Morgan fingerprint density at radius 1 is 1.02 bits per heavy atom. The Bertz CT molecular complexity index is 1460. The number of aliphatic hydroxyl groups excluding tert-OH is 1. The minimum atomic E-state index is -1.62. The molecule has 3 aromatic carbocycles. The predicted octanol–water partition coefficient (Wildman–Crippen LogP) is 3.47. The molecule has 0 saturated carbocycles. The number of phenolic OH excluding ortho intramolecular Hbond substituents is 1. The Hall–Kier alpha value is -4.02. The normalized spacial score (nSPS) is 17.2. The fourth-order valence-electron chi connectivity index (χ4n) is 5.21. The van der Waals surface area contributed by atoms with Gasteiger partial charge in [-0.25, -0.2) is 0 Å². The fourth-order valence-corrected chi connectivity index (χ4v) is 6.35. The minimum absolute atomic E-state index is 0.0255. The average molecular weight is 605 g/mol. The molecule has 1 unspecified atom stereocenters. The standard InChI is InChI=1S/C33H40N4O5S/c1-21-25(15-10-16-27(21)38)30(40)35-26(18-22-11-7-6-8-12-22)28(39)32(42)37-20-43-33(2,3)29(37)31(41)34-19-23-13-9-14-24(17-23)36(4)5/h6-17,26,28-29,38-39H,18-20H2,1-5H3,(H,34,41)(H,35,40)/t26-,28-,29?/m0/s1. The molecule has 1 aliphatic heterocycles. The largest absolute Gasteiger partial charge is 0.508 e. The van der Waals surface area contributed by atoms with Gasteiger partial charge in [0.1, 0.15) is 11.8 Å². The van der Waals surface area contributed by atoms with E-state index in [4.69, 9.17) is 0 Å². The highest BCUT2D eigenvalue weighted by atomic mass is 32.2. The highest BCUT2D eigenvalue weighted by molar-refractivity contribution is 8.00. The van der Waals surface area contributed by atoms with Gasteiger partial charge in [-0.15, -0.1) is 11.8 Å². The van der Waals surface area contributed by atoms with Crippen LogP contribution in [0.15, 0.2) is 72.8 Å². The summed E-state index contributed by atoms with van der Waals surface area (Å²) in [5, 5.41) is 27.4. The number of anilines is 1. The number of nitrogens with zero attached hydrogens (tertiary/aromatic N) is 2. The Labute approximate surface area is 257 Å². The number of phenols is 1. The number of carbonyl (C=O) groups excluding carboxylic acids is 3. The third-order valence-corrected chi connectivity index (χ3v) is 9.14. The molecule has 43 heavy (non-hydrogen) atoms. The molecule has 10 heteroatoms. The van der Waals surface area contributed by atoms with Gasteiger partial charge in [0, 0.05) is 42.2 Å². The van der Waals surface area contributed by atoms with Gasteiger partial charge >= 0.3 is 0 Å². The van der Waals surface area contributed by atoms with Crippen LogP contribution in [0, 0.1) is 6.92 Å². The van der Waals surface area contributed by atoms with Gasteiger partial charge in [-0.3, -0.25) is 14.4 Å². The van der Waals surface area contributed by atoms with Gasteiger partial charge in [-0.05, 0) is 62.6 Å². The molecular weight excluding hydrogens is 564 g/mol. The molecule has 0 aromatic heterocycles. The maximum Gasteiger partial charge on any atom is 0.254 e. The molecule has 3 atom stereocenters. The molecule has 1 heterocycles. The first-order valence-corrected chi connectivity index (χ1v) is 15.2. The second-order valence-electron chi connectivity index (χ2n) is 11.5. The van der Waals surface area contributed by atoms with E-state index in [0.29, 0.717) is 5.56 Å². The van der Waals surface area contributed by atoms with Crippen LogP contribution in [0.2, 0.25) is 0 Å². The third-order valence-electron chi connectivity index (χ3n) is 7.77. The number of aromatic hydroxyl groups is 1. The Kier molecular flexibility index (Phi) is 10.0. The molecule has 3 amide bonds. The molecular formula is C33H40N4O5S. The number of amides is 3. The second-order valence-corrected chi connectivity index (χ2v) is 13.1. The smallest absolute Gasteiger partial charge is 0.254 e. The van der Waals surface area contributed by atoms with Crippen LogP contribution in [0.4, 0.5) is 5.69 Å². The maximum atomic E-state index is 13.9. The Balaban J connectivity index is 1.54. The number of hydrogen-bond donors (Lipinski definition) is 4. The van der Waals surface area contributed by atoms with Gasteiger partial charge in [0.05, 0.1) is 11.9 Å². The summed E-state index contributed by atoms with van der Waals surface area (Å²) < 4.78 is -0.609. The average Bonchev–Trinajstić information content (AvgIpc) is 3.31. The second kappa shape index (κ2) is 13.5. The lowest BCUT2D eigenvalue weighted by Gasteiger charge is -2.33. The molecule has 0 aliphatic carbocycles. The maximum absolute atomic E-state index is 13.9. The van der Waals surface area contributed by atoms with E-state index < -0.39 is 34.7 Å². The first kappa shape index (κ1) is 31.9. The van der Waals surface area contributed by atoms with Crippen LogP contribution < -0.4 is 15.5 Å². The van der Waals surface area contributed by atoms with Gasteiger partial charge in [-0.1, -0.05) is 48.5 Å². The van der Waals surface area contributed by atoms with E-state index in [-0.39, 0.29) is 36.1 Å². The number of thioether (sulfide) groups is 1. The third kappa shape index (κ3) is 7.50. The summed E-state index contributed by atoms with van der Waals surface area (Å²) in [6, 6.07) is 19.9. The summed E-state index contributed by atoms with van der Waals surface area (Å²) in [6.45, 7) is 5.73. The van der Waals surface area contributed by atoms with E-state index in [0.717, 1.165) is 16.8 Å². The number of nitrogens with one attached hydrogen (secondary N) is 2. The summed E-state index contributed by atoms with van der Waals surface area (Å²) >= 11 is 1.46. The summed E-state index contributed by atoms with van der Waals surface area (Å²) in [5.74, 6) is -1.28. The molecule has 1 saturated heterocycles. The quantitative estimate of drug-likeness (QED) is 0.280. The van der Waals surface area contributed by atoms with E-state index in [2.05, 4.69) is 10.6 Å². The molecule has 4 rings (SSSR count). The van der Waals surface area contributed by atoms with Crippen LogP contribution in [-0.4, -0.2) is 75.7 Å². The molecule has 1 fully saturated rings. The highest BCUT2D eigenvalue weighted by Crippen LogP contribution is 2.40. The molecule has 0 bridgehead atoms. The van der Waals surface area contributed by atoms with Crippen molar-refractivity contribution < 1.29 is 24.6 Å². The van der Waals surface area contributed by atoms with E-state index in [9.17, 15) is 24.6 Å². The van der Waals surface area contributed by atoms with Gasteiger partial charge < -0.3 is 30.6 Å². The van der Waals surface area contributed by atoms with Crippen LogP contribution in [0.1, 0.15) is 40.9 Å². The van der Waals surface area contributed by atoms with Crippen molar-refractivity contribution in [3.8, 4) is 5.75 Å². The number of benzene rings is 3. The number of rotatable bonds is 10. The van der Waals surface area contributed by atoms with Crippen molar-refractivity contribution in [2.24, 2.45) is 0 Å². The van der Waals surface area contributed by atoms with Crippen molar-refractivity contribution >= 4 is 35.2 Å². The van der Waals surface area contributed by atoms with Crippen LogP contribution in [0.5, 0.6) is 5.75 Å². The predicted molar refractivity (Wildman–Crippen MR) is 170 cm³/mol. The van der Waals surface area contributed by atoms with Gasteiger partial charge in [-0.2, -0.15) is 0 Å². The lowest BCUT2D eigenvalue weighted by atomic mass is 9.96. The van der Waals surface area contributed by atoms with Crippen molar-refractivity contribution in [3.63, 3.8) is 0 Å². The van der Waals surface area contributed by atoms with E-state index >= 15 is 0 Å². The van der Waals surface area contributed by atoms with Crippen LogP contribution in [-0.2, 0) is 22.6 Å². The van der Waals surface area contributed by atoms with Gasteiger partial charge in [0.25, 0.3) is 11.8 Å². The zero-order chi connectivity index (χ0) is 31.3. The van der Waals surface area contributed by atoms with Crippen molar-refractivity contribution in [2.45, 2.75) is 56.7 Å². The lowest BCUT2D eigenvalue weighted by Crippen LogP contribution is -2.58. The lowest BCUT2D eigenvalue weighted by molar-refractivity contribution is -0.147. The first-order valence-electron chi connectivity index (χ1n) is 14.2. The first-order chi connectivity index (χ1) is 20.4.